The summed E-state index contributed by atoms with van der Waals surface area (Å²) in [6.45, 7) is 7.28. The largest absolute Gasteiger partial charge is 0.444 e. The van der Waals surface area contributed by atoms with Crippen molar-refractivity contribution in [2.45, 2.75) is 39.8 Å². The molecule has 0 saturated heterocycles. The molecule has 1 amide bonds. The number of carbonyl (C=O) groups is 1. The van der Waals surface area contributed by atoms with Crippen LogP contribution in [-0.4, -0.2) is 42.1 Å². The maximum atomic E-state index is 11.6. The molecule has 2 rings (SSSR count). The van der Waals surface area contributed by atoms with Crippen molar-refractivity contribution in [2.24, 2.45) is 0 Å². The van der Waals surface area contributed by atoms with Crippen LogP contribution in [0.15, 0.2) is 12.3 Å². The van der Waals surface area contributed by atoms with Gasteiger partial charge in [0.25, 0.3) is 0 Å². The van der Waals surface area contributed by atoms with Crippen LogP contribution in [0.4, 0.5) is 4.79 Å². The van der Waals surface area contributed by atoms with Crippen LogP contribution >= 0.6 is 0 Å². The molecule has 0 radical (unpaired) electrons. The Morgan fingerprint density at radius 3 is 2.50 bits per heavy atom. The molecule has 0 aromatic carbocycles. The predicted octanol–water partition coefficient (Wildman–Crippen LogP) is 1.06. The third-order valence-corrected chi connectivity index (χ3v) is 2.30. The summed E-state index contributed by atoms with van der Waals surface area (Å²) >= 11 is 0. The van der Waals surface area contributed by atoms with Crippen molar-refractivity contribution in [1.82, 2.24) is 35.7 Å². The van der Waals surface area contributed by atoms with E-state index in [1.807, 2.05) is 0 Å². The fraction of sp³-hybridized carbons (Fsp3) is 0.462. The average Bonchev–Trinajstić information content (AvgIpc) is 2.44. The van der Waals surface area contributed by atoms with E-state index < -0.39 is 11.7 Å². The smallest absolute Gasteiger partial charge is 0.407 e. The Hall–Kier alpha value is -2.71. The minimum absolute atomic E-state index is 0.206. The Morgan fingerprint density at radius 1 is 1.18 bits per heavy atom. The van der Waals surface area contributed by atoms with Gasteiger partial charge in [-0.05, 0) is 33.8 Å². The van der Waals surface area contributed by atoms with Crippen molar-refractivity contribution in [3.05, 3.63) is 23.8 Å². The van der Waals surface area contributed by atoms with Crippen molar-refractivity contribution >= 4 is 6.09 Å². The second-order valence-electron chi connectivity index (χ2n) is 5.50. The van der Waals surface area contributed by atoms with Crippen LogP contribution in [0.2, 0.25) is 0 Å². The summed E-state index contributed by atoms with van der Waals surface area (Å²) in [6, 6.07) is 1.68. The van der Waals surface area contributed by atoms with Crippen LogP contribution in [0.3, 0.4) is 0 Å². The molecule has 0 aliphatic carbocycles. The maximum Gasteiger partial charge on any atom is 0.407 e. The Kier molecular flexibility index (Phi) is 4.54. The summed E-state index contributed by atoms with van der Waals surface area (Å²) in [5.74, 6) is 0.986. The van der Waals surface area contributed by atoms with Crippen molar-refractivity contribution in [3.63, 3.8) is 0 Å². The molecule has 9 heteroatoms. The van der Waals surface area contributed by atoms with Crippen LogP contribution in [-0.2, 0) is 11.3 Å². The third kappa shape index (κ3) is 4.69. The number of aryl methyl sites for hydroxylation is 1. The molecule has 22 heavy (non-hydrogen) atoms. The van der Waals surface area contributed by atoms with Gasteiger partial charge in [-0.3, -0.25) is 0 Å². The molecule has 116 valence electrons. The zero-order chi connectivity index (χ0) is 16.2. The van der Waals surface area contributed by atoms with Crippen LogP contribution in [0.25, 0.3) is 11.6 Å². The molecular formula is C13H17N7O2. The lowest BCUT2D eigenvalue weighted by Crippen LogP contribution is -2.32. The normalized spacial score (nSPS) is 11.1. The molecule has 0 spiro atoms. The van der Waals surface area contributed by atoms with Gasteiger partial charge in [-0.15, -0.1) is 20.4 Å². The molecule has 2 aromatic heterocycles. The van der Waals surface area contributed by atoms with Crippen molar-refractivity contribution in [1.29, 1.82) is 0 Å². The monoisotopic (exact) mass is 303 g/mol. The second kappa shape index (κ2) is 6.37. The van der Waals surface area contributed by atoms with Gasteiger partial charge in [-0.2, -0.15) is 0 Å². The minimum atomic E-state index is -0.548. The highest BCUT2D eigenvalue weighted by atomic mass is 16.6. The van der Waals surface area contributed by atoms with Crippen LogP contribution < -0.4 is 5.32 Å². The number of rotatable bonds is 3. The topological polar surface area (TPSA) is 116 Å². The average molecular weight is 303 g/mol. The summed E-state index contributed by atoms with van der Waals surface area (Å²) in [5.41, 5.74) is 0.0496. The van der Waals surface area contributed by atoms with E-state index in [1.165, 1.54) is 0 Å². The number of amides is 1. The number of alkyl carbamates (subject to hydrolysis) is 1. The molecule has 0 bridgehead atoms. The highest BCUT2D eigenvalue weighted by Crippen LogP contribution is 2.08. The van der Waals surface area contributed by atoms with Crippen LogP contribution in [0.5, 0.6) is 0 Å². The fourth-order valence-electron chi connectivity index (χ4n) is 1.45. The SMILES string of the molecule is Cc1nnc(-c2nccc(CNC(=O)OC(C)(C)C)n2)nn1. The number of hydrogen-bond acceptors (Lipinski definition) is 8. The summed E-state index contributed by atoms with van der Waals surface area (Å²) in [5, 5.41) is 18.0. The van der Waals surface area contributed by atoms with E-state index in [0.29, 0.717) is 17.3 Å². The van der Waals surface area contributed by atoms with Gasteiger partial charge in [0.05, 0.1) is 12.2 Å². The summed E-state index contributed by atoms with van der Waals surface area (Å²) in [4.78, 5) is 19.9. The summed E-state index contributed by atoms with van der Waals surface area (Å²) < 4.78 is 5.15. The first-order valence-electron chi connectivity index (χ1n) is 6.66. The van der Waals surface area contributed by atoms with Gasteiger partial charge in [0.2, 0.25) is 11.6 Å². The van der Waals surface area contributed by atoms with Gasteiger partial charge < -0.3 is 10.1 Å². The lowest BCUT2D eigenvalue weighted by atomic mass is 10.2. The molecule has 0 fully saturated rings. The standard InChI is InChI=1S/C13H17N7O2/c1-8-17-19-11(20-18-8)10-14-6-5-9(16-10)7-15-12(21)22-13(2,3)4/h5-6H,7H2,1-4H3,(H,15,21). The zero-order valence-electron chi connectivity index (χ0n) is 12.9. The Labute approximate surface area is 127 Å². The molecule has 2 heterocycles. The molecule has 9 nitrogen and oxygen atoms in total. The molecular weight excluding hydrogens is 286 g/mol. The van der Waals surface area contributed by atoms with E-state index in [-0.39, 0.29) is 12.4 Å². The molecule has 0 aliphatic rings. The maximum absolute atomic E-state index is 11.6. The molecule has 0 atom stereocenters. The zero-order valence-corrected chi connectivity index (χ0v) is 12.9. The van der Waals surface area contributed by atoms with Crippen LogP contribution in [0, 0.1) is 6.92 Å². The van der Waals surface area contributed by atoms with Gasteiger partial charge in [0.15, 0.2) is 5.82 Å². The number of carbonyl (C=O) groups excluding carboxylic acids is 1. The van der Waals surface area contributed by atoms with Gasteiger partial charge in [0, 0.05) is 6.20 Å². The fourth-order valence-corrected chi connectivity index (χ4v) is 1.45. The lowest BCUT2D eigenvalue weighted by molar-refractivity contribution is 0.0523. The Bertz CT molecular complexity index is 652. The second-order valence-corrected chi connectivity index (χ2v) is 5.50. The molecule has 0 unspecified atom stereocenters. The van der Waals surface area contributed by atoms with E-state index in [9.17, 15) is 4.79 Å². The van der Waals surface area contributed by atoms with E-state index >= 15 is 0 Å². The Balaban J connectivity index is 2.03. The summed E-state index contributed by atoms with van der Waals surface area (Å²) in [6.07, 6.45) is 1.04. The van der Waals surface area contributed by atoms with Gasteiger partial charge in [-0.1, -0.05) is 0 Å². The molecule has 0 saturated carbocycles. The Morgan fingerprint density at radius 2 is 1.86 bits per heavy atom. The first-order valence-corrected chi connectivity index (χ1v) is 6.66. The molecule has 2 aromatic rings. The number of ether oxygens (including phenoxy) is 1. The first-order chi connectivity index (χ1) is 10.3. The van der Waals surface area contributed by atoms with E-state index in [1.54, 1.807) is 40.0 Å². The predicted molar refractivity (Wildman–Crippen MR) is 76.5 cm³/mol. The number of nitrogens with one attached hydrogen (secondary N) is 1. The molecule has 0 aliphatic heterocycles. The minimum Gasteiger partial charge on any atom is -0.444 e. The van der Waals surface area contributed by atoms with Gasteiger partial charge in [0.1, 0.15) is 5.60 Å². The van der Waals surface area contributed by atoms with Gasteiger partial charge in [-0.25, -0.2) is 14.8 Å². The van der Waals surface area contributed by atoms with Crippen molar-refractivity contribution < 1.29 is 9.53 Å². The summed E-state index contributed by atoms with van der Waals surface area (Å²) in [7, 11) is 0. The lowest BCUT2D eigenvalue weighted by Gasteiger charge is -2.19. The third-order valence-electron chi connectivity index (χ3n) is 2.30. The van der Waals surface area contributed by atoms with Gasteiger partial charge >= 0.3 is 6.09 Å². The van der Waals surface area contributed by atoms with E-state index in [0.717, 1.165) is 0 Å². The quantitative estimate of drug-likeness (QED) is 0.894. The first kappa shape index (κ1) is 15.7. The molecule has 1 N–H and O–H groups in total. The van der Waals surface area contributed by atoms with Crippen molar-refractivity contribution in [2.75, 3.05) is 0 Å². The van der Waals surface area contributed by atoms with E-state index in [4.69, 9.17) is 4.74 Å². The number of hydrogen-bond donors (Lipinski definition) is 1. The highest BCUT2D eigenvalue weighted by Gasteiger charge is 2.16. The number of nitrogens with zero attached hydrogens (tertiary/aromatic N) is 6. The van der Waals surface area contributed by atoms with Crippen LogP contribution in [0.1, 0.15) is 32.3 Å². The number of aromatic nitrogens is 6. The van der Waals surface area contributed by atoms with E-state index in [2.05, 4.69) is 35.7 Å². The van der Waals surface area contributed by atoms with Crippen molar-refractivity contribution in [3.8, 4) is 11.6 Å². The highest BCUT2D eigenvalue weighted by molar-refractivity contribution is 5.67.